The first kappa shape index (κ1) is 24.8. The Kier molecular flexibility index (Phi) is 6.39. The third-order valence-corrected chi connectivity index (χ3v) is 7.43. The number of nitrogens with zero attached hydrogens (tertiary/aromatic N) is 1. The smallest absolute Gasteiger partial charge is 0.324 e. The summed E-state index contributed by atoms with van der Waals surface area (Å²) in [6.07, 6.45) is -0.877. The molecule has 0 radical (unpaired) electrons. The van der Waals surface area contributed by atoms with Gasteiger partial charge in [0.15, 0.2) is 5.41 Å². The van der Waals surface area contributed by atoms with Crippen molar-refractivity contribution < 1.29 is 28.7 Å². The Balaban J connectivity index is 1.70. The van der Waals surface area contributed by atoms with Gasteiger partial charge in [0.2, 0.25) is 5.91 Å². The van der Waals surface area contributed by atoms with E-state index in [0.717, 1.165) is 0 Å². The normalized spacial score (nSPS) is 23.4. The van der Waals surface area contributed by atoms with Crippen molar-refractivity contribution in [3.05, 3.63) is 95.5 Å². The van der Waals surface area contributed by atoms with Crippen molar-refractivity contribution in [2.45, 2.75) is 18.6 Å². The van der Waals surface area contributed by atoms with E-state index in [1.54, 1.807) is 60.7 Å². The van der Waals surface area contributed by atoms with Crippen molar-refractivity contribution >= 4 is 40.8 Å². The zero-order valence-electron chi connectivity index (χ0n) is 20.2. The molecule has 1 saturated heterocycles. The van der Waals surface area contributed by atoms with Crippen LogP contribution in [0.5, 0.6) is 0 Å². The van der Waals surface area contributed by atoms with Gasteiger partial charge >= 0.3 is 11.9 Å². The topological polar surface area (TPSA) is 94.2 Å². The number of ether oxygens (including phenoxy) is 2. The van der Waals surface area contributed by atoms with Gasteiger partial charge in [0.1, 0.15) is 12.1 Å². The number of methoxy groups -OCH3 is 2. The number of anilines is 2. The number of rotatable bonds is 6. The molecule has 2 aliphatic rings. The SMILES string of the molecule is COC(=O)C1(C(=O)OC)C[C@@]12[C@H](c1ccc(Cl)cc1)ON(c1ccccc1)[C@@H]2C(=O)Nc1ccccc1. The summed E-state index contributed by atoms with van der Waals surface area (Å²) in [6, 6.07) is 23.8. The summed E-state index contributed by atoms with van der Waals surface area (Å²) in [7, 11) is 2.42. The Labute approximate surface area is 219 Å². The van der Waals surface area contributed by atoms with Crippen LogP contribution >= 0.6 is 11.6 Å². The van der Waals surface area contributed by atoms with Crippen LogP contribution in [0.2, 0.25) is 5.02 Å². The fourth-order valence-electron chi connectivity index (χ4n) is 5.47. The Morgan fingerprint density at radius 3 is 2.03 bits per heavy atom. The lowest BCUT2D eigenvalue weighted by atomic mass is 9.78. The maximum absolute atomic E-state index is 14.0. The minimum absolute atomic E-state index is 0.0111. The molecule has 1 saturated carbocycles. The Bertz CT molecular complexity index is 1300. The largest absolute Gasteiger partial charge is 0.468 e. The van der Waals surface area contributed by atoms with Crippen LogP contribution in [0.1, 0.15) is 18.1 Å². The van der Waals surface area contributed by atoms with Crippen molar-refractivity contribution in [2.24, 2.45) is 10.8 Å². The van der Waals surface area contributed by atoms with Gasteiger partial charge in [-0.15, -0.1) is 0 Å². The number of halogens is 1. The molecule has 190 valence electrons. The van der Waals surface area contributed by atoms with Gasteiger partial charge in [-0.2, -0.15) is 0 Å². The molecule has 1 amide bonds. The minimum atomic E-state index is -1.76. The molecular weight excluding hydrogens is 496 g/mol. The molecule has 1 spiro atoms. The summed E-state index contributed by atoms with van der Waals surface area (Å²) < 4.78 is 10.2. The van der Waals surface area contributed by atoms with E-state index in [0.29, 0.717) is 22.0 Å². The predicted molar refractivity (Wildman–Crippen MR) is 137 cm³/mol. The van der Waals surface area contributed by atoms with Crippen molar-refractivity contribution in [2.75, 3.05) is 24.6 Å². The highest BCUT2D eigenvalue weighted by atomic mass is 35.5. The van der Waals surface area contributed by atoms with Crippen LogP contribution < -0.4 is 10.4 Å². The molecule has 1 aliphatic carbocycles. The summed E-state index contributed by atoms with van der Waals surface area (Å²) in [6.45, 7) is 0. The maximum Gasteiger partial charge on any atom is 0.324 e. The second kappa shape index (κ2) is 9.53. The molecular formula is C28H25ClN2O6. The highest BCUT2D eigenvalue weighted by molar-refractivity contribution is 6.30. The number of carbonyl (C=O) groups is 3. The Morgan fingerprint density at radius 2 is 1.46 bits per heavy atom. The van der Waals surface area contributed by atoms with Crippen LogP contribution in [0.3, 0.4) is 0 Å². The second-order valence-corrected chi connectivity index (χ2v) is 9.50. The van der Waals surface area contributed by atoms with Crippen LogP contribution in [-0.4, -0.2) is 38.1 Å². The molecule has 0 bridgehead atoms. The first-order valence-corrected chi connectivity index (χ1v) is 12.1. The molecule has 3 aromatic carbocycles. The third-order valence-electron chi connectivity index (χ3n) is 7.18. The van der Waals surface area contributed by atoms with Crippen LogP contribution in [0, 0.1) is 10.8 Å². The number of hydroxylamine groups is 1. The molecule has 1 heterocycles. The maximum atomic E-state index is 14.0. The lowest BCUT2D eigenvalue weighted by Crippen LogP contribution is -2.48. The molecule has 3 aromatic rings. The minimum Gasteiger partial charge on any atom is -0.468 e. The van der Waals surface area contributed by atoms with E-state index in [1.807, 2.05) is 24.3 Å². The highest BCUT2D eigenvalue weighted by Crippen LogP contribution is 2.76. The van der Waals surface area contributed by atoms with E-state index < -0.39 is 40.8 Å². The van der Waals surface area contributed by atoms with E-state index >= 15 is 0 Å². The van der Waals surface area contributed by atoms with Crippen molar-refractivity contribution in [1.82, 2.24) is 0 Å². The molecule has 1 N–H and O–H groups in total. The number of amides is 1. The average molecular weight is 521 g/mol. The van der Waals surface area contributed by atoms with Gasteiger partial charge in [-0.3, -0.25) is 19.2 Å². The molecule has 2 fully saturated rings. The molecule has 0 aromatic heterocycles. The van der Waals surface area contributed by atoms with Gasteiger partial charge in [-0.25, -0.2) is 5.06 Å². The third kappa shape index (κ3) is 3.84. The van der Waals surface area contributed by atoms with E-state index in [4.69, 9.17) is 25.9 Å². The number of benzene rings is 3. The van der Waals surface area contributed by atoms with Crippen LogP contribution in [0.4, 0.5) is 11.4 Å². The first-order valence-electron chi connectivity index (χ1n) is 11.7. The summed E-state index contributed by atoms with van der Waals surface area (Å²) in [5.41, 5.74) is -1.30. The number of nitrogens with one attached hydrogen (secondary N) is 1. The fourth-order valence-corrected chi connectivity index (χ4v) is 5.60. The molecule has 9 heteroatoms. The number of esters is 2. The zero-order valence-corrected chi connectivity index (χ0v) is 21.0. The monoisotopic (exact) mass is 520 g/mol. The van der Waals surface area contributed by atoms with Crippen molar-refractivity contribution in [1.29, 1.82) is 0 Å². The quantitative estimate of drug-likeness (QED) is 0.376. The fraction of sp³-hybridized carbons (Fsp3) is 0.250. The Morgan fingerprint density at radius 1 is 0.892 bits per heavy atom. The summed E-state index contributed by atoms with van der Waals surface area (Å²) in [5.74, 6) is -2.01. The van der Waals surface area contributed by atoms with E-state index in [9.17, 15) is 14.4 Å². The predicted octanol–water partition coefficient (Wildman–Crippen LogP) is 4.56. The van der Waals surface area contributed by atoms with E-state index in [-0.39, 0.29) is 6.42 Å². The van der Waals surface area contributed by atoms with Crippen molar-refractivity contribution in [3.63, 3.8) is 0 Å². The second-order valence-electron chi connectivity index (χ2n) is 9.06. The van der Waals surface area contributed by atoms with Gasteiger partial charge in [-0.1, -0.05) is 60.1 Å². The Hall–Kier alpha value is -3.88. The van der Waals surface area contributed by atoms with Crippen LogP contribution in [0.25, 0.3) is 0 Å². The van der Waals surface area contributed by atoms with Gasteiger partial charge in [0.05, 0.1) is 25.3 Å². The lowest BCUT2D eigenvalue weighted by molar-refractivity contribution is -0.164. The number of hydrogen-bond acceptors (Lipinski definition) is 7. The first-order chi connectivity index (χ1) is 17.9. The lowest BCUT2D eigenvalue weighted by Gasteiger charge is -2.28. The van der Waals surface area contributed by atoms with Crippen LogP contribution in [0.15, 0.2) is 84.9 Å². The number of para-hydroxylation sites is 2. The summed E-state index contributed by atoms with van der Waals surface area (Å²) in [5, 5.41) is 4.91. The van der Waals surface area contributed by atoms with Gasteiger partial charge < -0.3 is 14.8 Å². The highest BCUT2D eigenvalue weighted by Gasteiger charge is 2.88. The molecule has 37 heavy (non-hydrogen) atoms. The standard InChI is InChI=1S/C28H25ClN2O6/c1-35-25(33)28(26(34)36-2)17-27(28)22(24(32)30-20-9-5-3-6-10-20)31(21-11-7-4-8-12-21)37-23(27)18-13-15-19(29)16-14-18/h3-16,22-23H,17H2,1-2H3,(H,30,32)/t22-,23+,27-/m1/s1. The van der Waals surface area contributed by atoms with Crippen LogP contribution in [-0.2, 0) is 28.7 Å². The molecule has 8 nitrogen and oxygen atoms in total. The van der Waals surface area contributed by atoms with E-state index in [1.165, 1.54) is 19.3 Å². The van der Waals surface area contributed by atoms with Gasteiger partial charge in [0.25, 0.3) is 0 Å². The average Bonchev–Trinajstić information content (AvgIpc) is 3.50. The molecule has 1 aliphatic heterocycles. The van der Waals surface area contributed by atoms with E-state index in [2.05, 4.69) is 5.32 Å². The summed E-state index contributed by atoms with van der Waals surface area (Å²) in [4.78, 5) is 47.1. The molecule has 0 unspecified atom stereocenters. The number of hydrogen-bond donors (Lipinski definition) is 1. The van der Waals surface area contributed by atoms with Gasteiger partial charge in [-0.05, 0) is 48.4 Å². The van der Waals surface area contributed by atoms with Gasteiger partial charge in [0, 0.05) is 10.7 Å². The number of carbonyl (C=O) groups excluding carboxylic acids is 3. The molecule has 5 rings (SSSR count). The van der Waals surface area contributed by atoms with Crippen molar-refractivity contribution in [3.8, 4) is 0 Å². The summed E-state index contributed by atoms with van der Waals surface area (Å²) >= 11 is 6.14. The molecule has 3 atom stereocenters. The zero-order chi connectivity index (χ0) is 26.2.